The van der Waals surface area contributed by atoms with E-state index in [4.69, 9.17) is 4.74 Å². The van der Waals surface area contributed by atoms with Crippen molar-refractivity contribution in [2.75, 3.05) is 0 Å². The summed E-state index contributed by atoms with van der Waals surface area (Å²) >= 11 is 0. The van der Waals surface area contributed by atoms with Crippen LogP contribution in [0, 0.1) is 5.92 Å². The highest BCUT2D eigenvalue weighted by atomic mass is 16.6. The van der Waals surface area contributed by atoms with E-state index in [1.807, 2.05) is 71.9 Å². The molecule has 24 heavy (non-hydrogen) atoms. The molecule has 0 unspecified atom stereocenters. The number of carbonyl (C=O) groups is 2. The van der Waals surface area contributed by atoms with Gasteiger partial charge in [0.1, 0.15) is 5.60 Å². The first-order valence-corrected chi connectivity index (χ1v) is 8.43. The van der Waals surface area contributed by atoms with Crippen LogP contribution in [0.3, 0.4) is 0 Å². The van der Waals surface area contributed by atoms with Crippen molar-refractivity contribution in [1.29, 1.82) is 0 Å². The molecule has 2 N–H and O–H groups in total. The molecule has 0 fully saturated rings. The number of amides is 2. The first kappa shape index (κ1) is 20.0. The molecular weight excluding hydrogens is 304 g/mol. The van der Waals surface area contributed by atoms with Gasteiger partial charge < -0.3 is 15.4 Å². The van der Waals surface area contributed by atoms with E-state index < -0.39 is 11.7 Å². The van der Waals surface area contributed by atoms with E-state index in [1.54, 1.807) is 0 Å². The normalized spacial score (nSPS) is 15.1. The average molecular weight is 334 g/mol. The van der Waals surface area contributed by atoms with Gasteiger partial charge in [0, 0.05) is 12.0 Å². The second-order valence-corrected chi connectivity index (χ2v) is 7.32. The van der Waals surface area contributed by atoms with Crippen LogP contribution in [0.5, 0.6) is 0 Å². The summed E-state index contributed by atoms with van der Waals surface area (Å²) in [7, 11) is 0. The van der Waals surface area contributed by atoms with Crippen LogP contribution in [0.2, 0.25) is 0 Å². The van der Waals surface area contributed by atoms with Crippen LogP contribution < -0.4 is 10.6 Å². The Bertz CT molecular complexity index is 537. The van der Waals surface area contributed by atoms with Crippen molar-refractivity contribution < 1.29 is 14.3 Å². The molecule has 0 saturated heterocycles. The maximum Gasteiger partial charge on any atom is 0.407 e. The van der Waals surface area contributed by atoms with Gasteiger partial charge in [-0.3, -0.25) is 4.79 Å². The zero-order chi connectivity index (χ0) is 18.3. The summed E-state index contributed by atoms with van der Waals surface area (Å²) in [6.07, 6.45) is 0.0901. The first-order valence-electron chi connectivity index (χ1n) is 8.43. The smallest absolute Gasteiger partial charge is 0.407 e. The average Bonchev–Trinajstić information content (AvgIpc) is 2.45. The molecule has 0 heterocycles. The number of nitrogens with one attached hydrogen (secondary N) is 2. The standard InChI is InChI=1S/C19H30N2O3/c1-13(12-14(2)20-18(23)24-19(4,5)6)17(22)21-15(3)16-10-8-7-9-11-16/h7-11,13-15H,12H2,1-6H3,(H,20,23)(H,21,22)/t13-,14-,15-/m0/s1. The van der Waals surface area contributed by atoms with Crippen molar-refractivity contribution in [3.63, 3.8) is 0 Å². The SMILES string of the molecule is C[C@H](NC(=O)[C@@H](C)C[C@H](C)NC(=O)OC(C)(C)C)c1ccccc1. The third kappa shape index (κ3) is 7.49. The van der Waals surface area contributed by atoms with Crippen LogP contribution in [0.15, 0.2) is 30.3 Å². The number of benzene rings is 1. The minimum Gasteiger partial charge on any atom is -0.444 e. The lowest BCUT2D eigenvalue weighted by molar-refractivity contribution is -0.125. The summed E-state index contributed by atoms with van der Waals surface area (Å²) in [5, 5.41) is 5.78. The van der Waals surface area contributed by atoms with Gasteiger partial charge in [0.2, 0.25) is 5.91 Å². The molecule has 134 valence electrons. The topological polar surface area (TPSA) is 67.4 Å². The Hall–Kier alpha value is -2.04. The summed E-state index contributed by atoms with van der Waals surface area (Å²) in [4.78, 5) is 24.1. The predicted molar refractivity (Wildman–Crippen MR) is 95.6 cm³/mol. The fraction of sp³-hybridized carbons (Fsp3) is 0.579. The van der Waals surface area contributed by atoms with Crippen molar-refractivity contribution in [3.8, 4) is 0 Å². The van der Waals surface area contributed by atoms with E-state index in [9.17, 15) is 9.59 Å². The largest absolute Gasteiger partial charge is 0.444 e. The number of alkyl carbamates (subject to hydrolysis) is 1. The van der Waals surface area contributed by atoms with Crippen LogP contribution in [0.25, 0.3) is 0 Å². The van der Waals surface area contributed by atoms with Gasteiger partial charge in [0.25, 0.3) is 0 Å². The third-order valence-electron chi connectivity index (χ3n) is 3.58. The van der Waals surface area contributed by atoms with Gasteiger partial charge in [-0.25, -0.2) is 4.79 Å². The molecule has 5 heteroatoms. The Morgan fingerprint density at radius 1 is 1.04 bits per heavy atom. The van der Waals surface area contributed by atoms with E-state index in [0.29, 0.717) is 6.42 Å². The summed E-state index contributed by atoms with van der Waals surface area (Å²) in [5.74, 6) is -0.231. The Balaban J connectivity index is 2.44. The lowest BCUT2D eigenvalue weighted by Gasteiger charge is -2.24. The first-order chi connectivity index (χ1) is 11.1. The molecule has 0 saturated carbocycles. The Labute approximate surface area is 145 Å². The quantitative estimate of drug-likeness (QED) is 0.831. The maximum absolute atomic E-state index is 12.3. The minimum absolute atomic E-state index is 0.0239. The van der Waals surface area contributed by atoms with Gasteiger partial charge in [-0.05, 0) is 46.6 Å². The second-order valence-electron chi connectivity index (χ2n) is 7.32. The van der Waals surface area contributed by atoms with E-state index in [2.05, 4.69) is 10.6 Å². The van der Waals surface area contributed by atoms with Crippen LogP contribution in [0.1, 0.15) is 59.6 Å². The summed E-state index contributed by atoms with van der Waals surface area (Å²) < 4.78 is 5.22. The van der Waals surface area contributed by atoms with Gasteiger partial charge in [-0.2, -0.15) is 0 Å². The van der Waals surface area contributed by atoms with E-state index in [0.717, 1.165) is 5.56 Å². The summed E-state index contributed by atoms with van der Waals surface area (Å²) in [6, 6.07) is 9.64. The predicted octanol–water partition coefficient (Wildman–Crippen LogP) is 3.80. The van der Waals surface area contributed by atoms with Gasteiger partial charge >= 0.3 is 6.09 Å². The van der Waals surface area contributed by atoms with Crippen LogP contribution >= 0.6 is 0 Å². The molecule has 0 aliphatic heterocycles. The molecule has 3 atom stereocenters. The van der Waals surface area contributed by atoms with Crippen molar-refractivity contribution in [2.45, 2.75) is 65.6 Å². The van der Waals surface area contributed by atoms with E-state index in [-0.39, 0.29) is 23.9 Å². The van der Waals surface area contributed by atoms with Gasteiger partial charge in [-0.1, -0.05) is 37.3 Å². The lowest BCUT2D eigenvalue weighted by atomic mass is 10.0. The molecule has 0 aromatic heterocycles. The van der Waals surface area contributed by atoms with Gasteiger partial charge in [0.15, 0.2) is 0 Å². The molecule has 5 nitrogen and oxygen atoms in total. The monoisotopic (exact) mass is 334 g/mol. The highest BCUT2D eigenvalue weighted by Crippen LogP contribution is 2.14. The lowest BCUT2D eigenvalue weighted by Crippen LogP contribution is -2.40. The molecule has 1 aromatic rings. The zero-order valence-corrected chi connectivity index (χ0v) is 15.6. The molecule has 0 aliphatic rings. The summed E-state index contributed by atoms with van der Waals surface area (Å²) in [5.41, 5.74) is 0.538. The molecule has 0 aliphatic carbocycles. The van der Waals surface area contributed by atoms with Gasteiger partial charge in [0.05, 0.1) is 6.04 Å². The number of rotatable bonds is 6. The van der Waals surface area contributed by atoms with Crippen LogP contribution in [0.4, 0.5) is 4.79 Å². The van der Waals surface area contributed by atoms with E-state index in [1.165, 1.54) is 0 Å². The molecule has 0 bridgehead atoms. The van der Waals surface area contributed by atoms with Crippen LogP contribution in [-0.4, -0.2) is 23.6 Å². The number of hydrogen-bond donors (Lipinski definition) is 2. The molecule has 2 amide bonds. The number of carbonyl (C=O) groups excluding carboxylic acids is 2. The maximum atomic E-state index is 12.3. The fourth-order valence-electron chi connectivity index (χ4n) is 2.39. The zero-order valence-electron chi connectivity index (χ0n) is 15.6. The second kappa shape index (κ2) is 8.71. The Morgan fingerprint density at radius 2 is 1.62 bits per heavy atom. The summed E-state index contributed by atoms with van der Waals surface area (Å²) in [6.45, 7) is 11.1. The van der Waals surface area contributed by atoms with Crippen molar-refractivity contribution in [1.82, 2.24) is 10.6 Å². The number of hydrogen-bond acceptors (Lipinski definition) is 3. The molecule has 1 aromatic carbocycles. The Morgan fingerprint density at radius 3 is 2.17 bits per heavy atom. The Kier molecular flexibility index (Phi) is 7.26. The number of ether oxygens (including phenoxy) is 1. The molecule has 0 spiro atoms. The molecule has 1 rings (SSSR count). The highest BCUT2D eigenvalue weighted by molar-refractivity contribution is 5.78. The van der Waals surface area contributed by atoms with E-state index >= 15 is 0 Å². The molecule has 0 radical (unpaired) electrons. The van der Waals surface area contributed by atoms with Crippen LogP contribution in [-0.2, 0) is 9.53 Å². The minimum atomic E-state index is -0.530. The highest BCUT2D eigenvalue weighted by Gasteiger charge is 2.22. The fourth-order valence-corrected chi connectivity index (χ4v) is 2.39. The van der Waals surface area contributed by atoms with Crippen molar-refractivity contribution in [2.24, 2.45) is 5.92 Å². The molecular formula is C19H30N2O3. The third-order valence-corrected chi connectivity index (χ3v) is 3.58. The van der Waals surface area contributed by atoms with Crippen molar-refractivity contribution >= 4 is 12.0 Å². The van der Waals surface area contributed by atoms with Gasteiger partial charge in [-0.15, -0.1) is 0 Å². The van der Waals surface area contributed by atoms with Crippen molar-refractivity contribution in [3.05, 3.63) is 35.9 Å².